The molecule has 2 aliphatic rings. The van der Waals surface area contributed by atoms with Gasteiger partial charge in [-0.15, -0.1) is 11.8 Å². The zero-order chi connectivity index (χ0) is 19.6. The lowest BCUT2D eigenvalue weighted by molar-refractivity contribution is -0.114. The molecule has 148 valence electrons. The third-order valence-corrected chi connectivity index (χ3v) is 7.00. The summed E-state index contributed by atoms with van der Waals surface area (Å²) in [4.78, 5) is 14.8. The largest absolute Gasteiger partial charge is 0.390 e. The smallest absolute Gasteiger partial charge is 0.221 e. The number of benzene rings is 2. The number of rotatable bonds is 6. The average Bonchev–Trinajstić information content (AvgIpc) is 3.15. The van der Waals surface area contributed by atoms with Crippen LogP contribution in [0.4, 0.5) is 5.69 Å². The second-order valence-electron chi connectivity index (χ2n) is 8.33. The predicted octanol–water partition coefficient (Wildman–Crippen LogP) is 4.01. The van der Waals surface area contributed by atoms with E-state index in [2.05, 4.69) is 46.6 Å². The molecule has 1 aliphatic carbocycles. The Bertz CT molecular complexity index is 795. The standard InChI is InChI=1S/C23H28N2O2S/c1-17(26)24-21-7-9-22(10-8-21)28-16-25-14-19-12-23(27,13-20(19)15-25)11-18-5-3-2-4-6-18/h2-10,19-20,27H,11-16H2,1H3,(H,24,26)/t19-,20+,23-. The van der Waals surface area contributed by atoms with E-state index in [1.165, 1.54) is 17.4 Å². The van der Waals surface area contributed by atoms with Crippen LogP contribution >= 0.6 is 11.8 Å². The Balaban J connectivity index is 1.25. The first-order valence-electron chi connectivity index (χ1n) is 9.98. The van der Waals surface area contributed by atoms with Gasteiger partial charge in [-0.25, -0.2) is 0 Å². The van der Waals surface area contributed by atoms with Gasteiger partial charge in [0.1, 0.15) is 0 Å². The second-order valence-corrected chi connectivity index (χ2v) is 9.35. The van der Waals surface area contributed by atoms with Crippen molar-refractivity contribution >= 4 is 23.4 Å². The van der Waals surface area contributed by atoms with Gasteiger partial charge < -0.3 is 10.4 Å². The average molecular weight is 397 g/mol. The molecule has 2 aromatic carbocycles. The quantitative estimate of drug-likeness (QED) is 0.725. The van der Waals surface area contributed by atoms with Crippen LogP contribution in [0.1, 0.15) is 25.3 Å². The van der Waals surface area contributed by atoms with Crippen LogP contribution < -0.4 is 5.32 Å². The third-order valence-electron chi connectivity index (χ3n) is 5.90. The summed E-state index contributed by atoms with van der Waals surface area (Å²) in [7, 11) is 0. The van der Waals surface area contributed by atoms with Crippen molar-refractivity contribution in [1.82, 2.24) is 4.90 Å². The fourth-order valence-corrected chi connectivity index (χ4v) is 5.66. The second kappa shape index (κ2) is 8.27. The molecule has 0 radical (unpaired) electrons. The summed E-state index contributed by atoms with van der Waals surface area (Å²) in [5.74, 6) is 2.15. The number of fused-ring (bicyclic) bond motifs is 1. The number of amides is 1. The molecule has 2 aromatic rings. The van der Waals surface area contributed by atoms with Crippen LogP contribution in [-0.2, 0) is 11.2 Å². The molecule has 3 atom stereocenters. The van der Waals surface area contributed by atoms with Gasteiger partial charge >= 0.3 is 0 Å². The van der Waals surface area contributed by atoms with E-state index in [4.69, 9.17) is 0 Å². The van der Waals surface area contributed by atoms with Gasteiger partial charge in [-0.05, 0) is 54.5 Å². The van der Waals surface area contributed by atoms with E-state index in [1.807, 2.05) is 30.0 Å². The van der Waals surface area contributed by atoms with Gasteiger partial charge in [0.15, 0.2) is 0 Å². The van der Waals surface area contributed by atoms with Crippen molar-refractivity contribution in [3.63, 3.8) is 0 Å². The van der Waals surface area contributed by atoms with E-state index in [-0.39, 0.29) is 5.91 Å². The van der Waals surface area contributed by atoms with Crippen molar-refractivity contribution in [1.29, 1.82) is 0 Å². The molecule has 2 N–H and O–H groups in total. The van der Waals surface area contributed by atoms with Crippen LogP contribution in [0.5, 0.6) is 0 Å². The first-order chi connectivity index (χ1) is 13.5. The van der Waals surface area contributed by atoms with Gasteiger partial charge in [0.2, 0.25) is 5.91 Å². The predicted molar refractivity (Wildman–Crippen MR) is 114 cm³/mol. The maximum absolute atomic E-state index is 11.1. The van der Waals surface area contributed by atoms with Crippen molar-refractivity contribution in [3.05, 3.63) is 60.2 Å². The molecule has 2 fully saturated rings. The van der Waals surface area contributed by atoms with Crippen molar-refractivity contribution in [2.45, 2.75) is 36.7 Å². The van der Waals surface area contributed by atoms with E-state index < -0.39 is 5.60 Å². The number of hydrogen-bond acceptors (Lipinski definition) is 4. The SMILES string of the molecule is CC(=O)Nc1ccc(SCN2C[C@@H]3C[C@@](O)(Cc4ccccc4)C[C@@H]3C2)cc1. The Morgan fingerprint density at radius 1 is 1.11 bits per heavy atom. The molecular formula is C23H28N2O2S. The van der Waals surface area contributed by atoms with Gasteiger partial charge in [-0.2, -0.15) is 0 Å². The third kappa shape index (κ3) is 4.77. The summed E-state index contributed by atoms with van der Waals surface area (Å²) in [6.07, 6.45) is 2.61. The molecule has 0 spiro atoms. The van der Waals surface area contributed by atoms with E-state index in [0.29, 0.717) is 11.8 Å². The number of anilines is 1. The number of aliphatic hydroxyl groups is 1. The van der Waals surface area contributed by atoms with Gasteiger partial charge in [0, 0.05) is 42.9 Å². The summed E-state index contributed by atoms with van der Waals surface area (Å²) in [5.41, 5.74) is 1.54. The monoisotopic (exact) mass is 396 g/mol. The summed E-state index contributed by atoms with van der Waals surface area (Å²) in [6, 6.07) is 18.4. The maximum Gasteiger partial charge on any atom is 0.221 e. The Morgan fingerprint density at radius 2 is 1.75 bits per heavy atom. The fraction of sp³-hybridized carbons (Fsp3) is 0.435. The van der Waals surface area contributed by atoms with Crippen LogP contribution in [0.3, 0.4) is 0 Å². The molecule has 1 saturated heterocycles. The van der Waals surface area contributed by atoms with Crippen LogP contribution in [0, 0.1) is 11.8 Å². The summed E-state index contributed by atoms with van der Waals surface area (Å²) < 4.78 is 0. The van der Waals surface area contributed by atoms with Gasteiger partial charge in [-0.3, -0.25) is 9.69 Å². The number of nitrogens with one attached hydrogen (secondary N) is 1. The zero-order valence-electron chi connectivity index (χ0n) is 16.3. The highest BCUT2D eigenvalue weighted by Crippen LogP contribution is 2.45. The lowest BCUT2D eigenvalue weighted by Crippen LogP contribution is -2.32. The van der Waals surface area contributed by atoms with Crippen LogP contribution in [0.15, 0.2) is 59.5 Å². The Hall–Kier alpha value is -1.82. The fourth-order valence-electron chi connectivity index (χ4n) is 4.79. The molecule has 5 heteroatoms. The van der Waals surface area contributed by atoms with E-state index >= 15 is 0 Å². The molecule has 1 saturated carbocycles. The first kappa shape index (κ1) is 19.5. The number of likely N-dealkylation sites (tertiary alicyclic amines) is 1. The van der Waals surface area contributed by atoms with Crippen molar-refractivity contribution < 1.29 is 9.90 Å². The van der Waals surface area contributed by atoms with Crippen LogP contribution in [-0.4, -0.2) is 40.5 Å². The Kier molecular flexibility index (Phi) is 5.76. The molecule has 0 unspecified atom stereocenters. The molecule has 1 amide bonds. The molecule has 28 heavy (non-hydrogen) atoms. The number of carbonyl (C=O) groups excluding carboxylic acids is 1. The molecule has 4 nitrogen and oxygen atoms in total. The Morgan fingerprint density at radius 3 is 2.36 bits per heavy atom. The molecule has 4 rings (SSSR count). The Labute approximate surface area is 171 Å². The number of hydrogen-bond donors (Lipinski definition) is 2. The maximum atomic E-state index is 11.1. The first-order valence-corrected chi connectivity index (χ1v) is 11.0. The number of carbonyl (C=O) groups is 1. The summed E-state index contributed by atoms with van der Waals surface area (Å²) >= 11 is 1.84. The van der Waals surface area contributed by atoms with Crippen LogP contribution in [0.25, 0.3) is 0 Å². The lowest BCUT2D eigenvalue weighted by Gasteiger charge is -2.26. The molecular weight excluding hydrogens is 368 g/mol. The number of thioether (sulfide) groups is 1. The molecule has 0 bridgehead atoms. The summed E-state index contributed by atoms with van der Waals surface area (Å²) in [5, 5.41) is 13.9. The van der Waals surface area contributed by atoms with Gasteiger partial charge in [-0.1, -0.05) is 30.3 Å². The lowest BCUT2D eigenvalue weighted by atomic mass is 9.91. The zero-order valence-corrected chi connectivity index (χ0v) is 17.1. The molecule has 0 aromatic heterocycles. The molecule has 1 aliphatic heterocycles. The highest BCUT2D eigenvalue weighted by Gasteiger charge is 2.47. The minimum Gasteiger partial charge on any atom is -0.390 e. The summed E-state index contributed by atoms with van der Waals surface area (Å²) in [6.45, 7) is 3.69. The van der Waals surface area contributed by atoms with Gasteiger partial charge in [0.05, 0.1) is 5.60 Å². The minimum absolute atomic E-state index is 0.0452. The normalized spacial score (nSPS) is 26.9. The molecule has 1 heterocycles. The van der Waals surface area contributed by atoms with Crippen molar-refractivity contribution in [3.8, 4) is 0 Å². The number of nitrogens with zero attached hydrogens (tertiary/aromatic N) is 1. The topological polar surface area (TPSA) is 52.6 Å². The van der Waals surface area contributed by atoms with Crippen LogP contribution in [0.2, 0.25) is 0 Å². The minimum atomic E-state index is -0.532. The van der Waals surface area contributed by atoms with E-state index in [0.717, 1.165) is 43.9 Å². The van der Waals surface area contributed by atoms with E-state index in [9.17, 15) is 9.90 Å². The highest BCUT2D eigenvalue weighted by atomic mass is 32.2. The van der Waals surface area contributed by atoms with Crippen molar-refractivity contribution in [2.24, 2.45) is 11.8 Å². The van der Waals surface area contributed by atoms with Gasteiger partial charge in [0.25, 0.3) is 0 Å². The highest BCUT2D eigenvalue weighted by molar-refractivity contribution is 7.99. The van der Waals surface area contributed by atoms with Crippen molar-refractivity contribution in [2.75, 3.05) is 24.3 Å². The van der Waals surface area contributed by atoms with E-state index in [1.54, 1.807) is 0 Å².